The van der Waals surface area contributed by atoms with Crippen LogP contribution < -0.4 is 4.72 Å². The minimum absolute atomic E-state index is 0.0352. The number of carbonyl (C=O) groups is 1. The Kier molecular flexibility index (Phi) is 15.8. The van der Waals surface area contributed by atoms with Gasteiger partial charge >= 0.3 is 0 Å². The number of carbonyl (C=O) groups excluding carboxylic acids is 1. The van der Waals surface area contributed by atoms with E-state index in [1.807, 2.05) is 61.4 Å². The predicted octanol–water partition coefficient (Wildman–Crippen LogP) is 7.84. The lowest BCUT2D eigenvalue weighted by atomic mass is 9.98. The summed E-state index contributed by atoms with van der Waals surface area (Å²) >= 11 is 3.01. The van der Waals surface area contributed by atoms with Gasteiger partial charge in [0.25, 0.3) is 0 Å². The van der Waals surface area contributed by atoms with E-state index in [4.69, 9.17) is 0 Å². The molecular formula is C29H44N4OS2. The van der Waals surface area contributed by atoms with E-state index in [1.165, 1.54) is 23.9 Å². The molecule has 2 atom stereocenters. The number of amides is 1. The van der Waals surface area contributed by atoms with Gasteiger partial charge in [0.2, 0.25) is 5.91 Å². The van der Waals surface area contributed by atoms with Gasteiger partial charge in [0.05, 0.1) is 6.04 Å². The van der Waals surface area contributed by atoms with Crippen molar-refractivity contribution in [3.63, 3.8) is 0 Å². The fourth-order valence-electron chi connectivity index (χ4n) is 4.02. The van der Waals surface area contributed by atoms with Crippen LogP contribution in [0.1, 0.15) is 53.9 Å². The summed E-state index contributed by atoms with van der Waals surface area (Å²) in [5.74, 6) is 0.624. The van der Waals surface area contributed by atoms with Gasteiger partial charge in [-0.15, -0.1) is 11.3 Å². The average Bonchev–Trinajstić information content (AvgIpc) is 3.65. The van der Waals surface area contributed by atoms with Crippen LogP contribution in [0.3, 0.4) is 0 Å². The molecule has 7 heteroatoms. The van der Waals surface area contributed by atoms with Gasteiger partial charge < -0.3 is 9.62 Å². The first-order valence-corrected chi connectivity index (χ1v) is 14.5. The monoisotopic (exact) mass is 528 g/mol. The summed E-state index contributed by atoms with van der Waals surface area (Å²) in [7, 11) is 0. The zero-order valence-electron chi connectivity index (χ0n) is 22.7. The van der Waals surface area contributed by atoms with Gasteiger partial charge in [0.15, 0.2) is 5.13 Å². The standard InChI is InChI=1S/C24H30N4OS2.C3H8.C2H6/c1-5-8-19(6-2)20-11-14-27(17-20)22-12-15-28(23(22)29)18(4)9-10-21(7-3)31-26-24-25-13-16-30-24;1-3-2;1-2/h5-10,13,16,20,22H,1-3,11-12,14-15,17H2,4H3,(H,25,26);3H2,1-2H3;1-2H3/b18-9+,19-8+,21-10+;;. The molecule has 3 rings (SSSR count). The second kappa shape index (κ2) is 18.0. The third kappa shape index (κ3) is 9.60. The van der Waals surface area contributed by atoms with Crippen LogP contribution in [0, 0.1) is 5.92 Å². The van der Waals surface area contributed by atoms with Crippen molar-refractivity contribution in [2.45, 2.75) is 59.9 Å². The maximum Gasteiger partial charge on any atom is 0.244 e. The number of nitrogens with one attached hydrogen (secondary N) is 1. The number of rotatable bonds is 10. The van der Waals surface area contributed by atoms with E-state index in [0.29, 0.717) is 5.92 Å². The largest absolute Gasteiger partial charge is 0.315 e. The summed E-state index contributed by atoms with van der Waals surface area (Å²) in [4.78, 5) is 22.5. The van der Waals surface area contributed by atoms with Crippen molar-refractivity contribution < 1.29 is 4.79 Å². The van der Waals surface area contributed by atoms with Crippen molar-refractivity contribution >= 4 is 34.3 Å². The molecular weight excluding hydrogens is 484 g/mol. The molecule has 1 amide bonds. The Bertz CT molecular complexity index is 918. The molecule has 198 valence electrons. The highest BCUT2D eigenvalue weighted by atomic mass is 32.2. The number of nitrogens with zero attached hydrogens (tertiary/aromatic N) is 3. The van der Waals surface area contributed by atoms with Gasteiger partial charge in [-0.3, -0.25) is 9.69 Å². The molecule has 2 unspecified atom stereocenters. The van der Waals surface area contributed by atoms with Crippen molar-refractivity contribution in [2.75, 3.05) is 24.4 Å². The van der Waals surface area contributed by atoms with Crippen LogP contribution in [-0.2, 0) is 4.79 Å². The minimum atomic E-state index is -0.0352. The molecule has 0 radical (unpaired) electrons. The van der Waals surface area contributed by atoms with Gasteiger partial charge in [-0.2, -0.15) is 0 Å². The summed E-state index contributed by atoms with van der Waals surface area (Å²) in [5, 5.41) is 2.78. The number of allylic oxidation sites excluding steroid dienone is 7. The Labute approximate surface area is 227 Å². The average molecular weight is 529 g/mol. The van der Waals surface area contributed by atoms with Crippen LogP contribution in [-0.4, -0.2) is 46.4 Å². The molecule has 2 aliphatic rings. The van der Waals surface area contributed by atoms with E-state index in [-0.39, 0.29) is 11.9 Å². The molecule has 1 aromatic rings. The normalized spacial score (nSPS) is 20.8. The first-order valence-electron chi connectivity index (χ1n) is 12.8. The predicted molar refractivity (Wildman–Crippen MR) is 161 cm³/mol. The number of aromatic nitrogens is 1. The van der Waals surface area contributed by atoms with E-state index in [0.717, 1.165) is 48.2 Å². The number of likely N-dealkylation sites (tertiary alicyclic amines) is 2. The molecule has 2 aliphatic heterocycles. The highest BCUT2D eigenvalue weighted by molar-refractivity contribution is 8.04. The van der Waals surface area contributed by atoms with Gasteiger partial charge in [-0.05, 0) is 61.9 Å². The Morgan fingerprint density at radius 1 is 1.17 bits per heavy atom. The van der Waals surface area contributed by atoms with Crippen molar-refractivity contribution in [3.05, 3.63) is 83.9 Å². The van der Waals surface area contributed by atoms with Gasteiger partial charge in [0.1, 0.15) is 0 Å². The van der Waals surface area contributed by atoms with Crippen molar-refractivity contribution in [1.29, 1.82) is 0 Å². The van der Waals surface area contributed by atoms with Crippen molar-refractivity contribution in [3.8, 4) is 0 Å². The Balaban J connectivity index is 0.00000120. The second-order valence-electron chi connectivity index (χ2n) is 8.21. The first-order chi connectivity index (χ1) is 17.5. The van der Waals surface area contributed by atoms with E-state index in [1.54, 1.807) is 23.6 Å². The molecule has 2 fully saturated rings. The molecule has 0 aromatic carbocycles. The van der Waals surface area contributed by atoms with Gasteiger partial charge in [-0.25, -0.2) is 4.98 Å². The molecule has 1 N–H and O–H groups in total. The van der Waals surface area contributed by atoms with Gasteiger partial charge in [0, 0.05) is 35.3 Å². The molecule has 1 aromatic heterocycles. The topological polar surface area (TPSA) is 48.5 Å². The zero-order chi connectivity index (χ0) is 26.9. The Hall–Kier alpha value is -2.35. The number of anilines is 1. The summed E-state index contributed by atoms with van der Waals surface area (Å²) in [6, 6.07) is -0.0352. The minimum Gasteiger partial charge on any atom is -0.315 e. The summed E-state index contributed by atoms with van der Waals surface area (Å²) in [5.41, 5.74) is 2.16. The molecule has 5 nitrogen and oxygen atoms in total. The summed E-state index contributed by atoms with van der Waals surface area (Å²) in [6.45, 7) is 24.4. The van der Waals surface area contributed by atoms with Crippen molar-refractivity contribution in [1.82, 2.24) is 14.8 Å². The number of hydrogen-bond acceptors (Lipinski definition) is 6. The number of thiazole rings is 1. The summed E-state index contributed by atoms with van der Waals surface area (Å²) in [6.07, 6.45) is 16.5. The van der Waals surface area contributed by atoms with E-state index in [2.05, 4.69) is 48.2 Å². The van der Waals surface area contributed by atoms with Crippen molar-refractivity contribution in [2.24, 2.45) is 5.92 Å². The second-order valence-corrected chi connectivity index (χ2v) is 9.99. The molecule has 0 saturated carbocycles. The van der Waals surface area contributed by atoms with E-state index in [9.17, 15) is 4.79 Å². The maximum absolute atomic E-state index is 13.1. The van der Waals surface area contributed by atoms with Gasteiger partial charge in [-0.1, -0.05) is 78.2 Å². The third-order valence-corrected chi connectivity index (χ3v) is 7.31. The quantitative estimate of drug-likeness (QED) is 0.248. The SMILES string of the molecule is C=C/C=C(\C=C)C1CCN(C2CCN(/C(C)=C/C=C(\C=C)SNc3nccs3)C2=O)C1.CC.CCC. The Morgan fingerprint density at radius 3 is 2.47 bits per heavy atom. The molecule has 0 aliphatic carbocycles. The third-order valence-electron chi connectivity index (χ3n) is 5.66. The van der Waals surface area contributed by atoms with E-state index < -0.39 is 0 Å². The zero-order valence-corrected chi connectivity index (χ0v) is 24.3. The van der Waals surface area contributed by atoms with Crippen LogP contribution in [0.5, 0.6) is 0 Å². The lowest BCUT2D eigenvalue weighted by Gasteiger charge is -2.24. The Morgan fingerprint density at radius 2 is 1.89 bits per heavy atom. The van der Waals surface area contributed by atoms with Crippen LogP contribution in [0.25, 0.3) is 0 Å². The molecule has 36 heavy (non-hydrogen) atoms. The molecule has 0 spiro atoms. The summed E-state index contributed by atoms with van der Waals surface area (Å²) < 4.78 is 3.20. The number of hydrogen-bond donors (Lipinski definition) is 1. The fraction of sp³-hybridized carbons (Fsp3) is 0.448. The van der Waals surface area contributed by atoms with Crippen LogP contribution >= 0.6 is 23.3 Å². The smallest absolute Gasteiger partial charge is 0.244 e. The maximum atomic E-state index is 13.1. The first kappa shape index (κ1) is 31.7. The fourth-order valence-corrected chi connectivity index (χ4v) is 5.18. The molecule has 2 saturated heterocycles. The van der Waals surface area contributed by atoms with Crippen LogP contribution in [0.15, 0.2) is 83.9 Å². The lowest BCUT2D eigenvalue weighted by Crippen LogP contribution is -2.40. The highest BCUT2D eigenvalue weighted by Gasteiger charge is 2.39. The van der Waals surface area contributed by atoms with Crippen LogP contribution in [0.2, 0.25) is 0 Å². The molecule has 0 bridgehead atoms. The lowest BCUT2D eigenvalue weighted by molar-refractivity contribution is -0.130. The highest BCUT2D eigenvalue weighted by Crippen LogP contribution is 2.30. The van der Waals surface area contributed by atoms with E-state index >= 15 is 0 Å². The molecule has 3 heterocycles. The van der Waals surface area contributed by atoms with Crippen LogP contribution in [0.4, 0.5) is 5.13 Å².